The molecule has 7 nitrogen and oxygen atoms in total. The van der Waals surface area contributed by atoms with Crippen molar-refractivity contribution in [3.63, 3.8) is 0 Å². The predicted molar refractivity (Wildman–Crippen MR) is 112 cm³/mol. The Bertz CT molecular complexity index is 1160. The first-order valence-electron chi connectivity index (χ1n) is 8.50. The van der Waals surface area contributed by atoms with E-state index in [1.807, 2.05) is 0 Å². The van der Waals surface area contributed by atoms with Gasteiger partial charge in [-0.2, -0.15) is 0 Å². The van der Waals surface area contributed by atoms with Gasteiger partial charge >= 0.3 is 0 Å². The minimum Gasteiger partial charge on any atom is -0.486 e. The van der Waals surface area contributed by atoms with E-state index in [2.05, 4.69) is 10.0 Å². The lowest BCUT2D eigenvalue weighted by Gasteiger charge is -2.19. The maximum atomic E-state index is 12.5. The molecule has 3 aromatic rings. The Morgan fingerprint density at radius 2 is 1.62 bits per heavy atom. The zero-order valence-electron chi connectivity index (χ0n) is 14.8. The van der Waals surface area contributed by atoms with Crippen molar-refractivity contribution in [3.05, 3.63) is 64.5 Å². The van der Waals surface area contributed by atoms with Gasteiger partial charge in [0.15, 0.2) is 11.5 Å². The van der Waals surface area contributed by atoms with Gasteiger partial charge in [0.1, 0.15) is 17.4 Å². The van der Waals surface area contributed by atoms with Crippen LogP contribution in [0.1, 0.15) is 10.4 Å². The number of hydrogen-bond acceptors (Lipinski definition) is 6. The second-order valence-corrected chi connectivity index (χ2v) is 9.68. The maximum Gasteiger partial charge on any atom is 0.271 e. The number of hydrogen-bond donors (Lipinski definition) is 2. The minimum absolute atomic E-state index is 0.114. The van der Waals surface area contributed by atoms with Gasteiger partial charge in [-0.25, -0.2) is 8.42 Å². The van der Waals surface area contributed by atoms with E-state index < -0.39 is 10.0 Å². The summed E-state index contributed by atoms with van der Waals surface area (Å²) in [6, 6.07) is 14.2. The van der Waals surface area contributed by atoms with Crippen LogP contribution in [0.2, 0.25) is 4.34 Å². The van der Waals surface area contributed by atoms with Gasteiger partial charge in [-0.1, -0.05) is 11.6 Å². The van der Waals surface area contributed by atoms with Crippen molar-refractivity contribution in [2.75, 3.05) is 23.3 Å². The second kappa shape index (κ2) is 7.94. The van der Waals surface area contributed by atoms with E-state index in [0.717, 1.165) is 11.3 Å². The number of benzene rings is 2. The third-order valence-corrected chi connectivity index (χ3v) is 7.12. The molecule has 150 valence electrons. The van der Waals surface area contributed by atoms with Crippen LogP contribution in [0.25, 0.3) is 0 Å². The van der Waals surface area contributed by atoms with E-state index >= 15 is 0 Å². The SMILES string of the molecule is O=C(Nc1ccc2c(c1)OCCO2)c1ccc(NS(=O)(=O)c2ccc(Cl)s2)cc1. The molecule has 0 saturated carbocycles. The summed E-state index contributed by atoms with van der Waals surface area (Å²) in [5.74, 6) is 0.881. The molecular weight excluding hydrogens is 436 g/mol. The van der Waals surface area contributed by atoms with Crippen molar-refractivity contribution in [1.29, 1.82) is 0 Å². The third kappa shape index (κ3) is 4.47. The number of carbonyl (C=O) groups excluding carboxylic acids is 1. The molecule has 10 heteroatoms. The number of amides is 1. The zero-order chi connectivity index (χ0) is 20.4. The molecule has 0 aliphatic carbocycles. The van der Waals surface area contributed by atoms with Crippen LogP contribution in [0.15, 0.2) is 58.8 Å². The Morgan fingerprint density at radius 1 is 0.931 bits per heavy atom. The normalized spacial score (nSPS) is 13.0. The summed E-state index contributed by atoms with van der Waals surface area (Å²) >= 11 is 6.76. The van der Waals surface area contributed by atoms with Gasteiger partial charge in [0.25, 0.3) is 15.9 Å². The number of halogens is 1. The van der Waals surface area contributed by atoms with Gasteiger partial charge in [-0.05, 0) is 48.5 Å². The summed E-state index contributed by atoms with van der Waals surface area (Å²) in [6.45, 7) is 0.952. The summed E-state index contributed by atoms with van der Waals surface area (Å²) in [4.78, 5) is 12.5. The predicted octanol–water partition coefficient (Wildman–Crippen LogP) is 4.23. The number of carbonyl (C=O) groups is 1. The van der Waals surface area contributed by atoms with Crippen LogP contribution >= 0.6 is 22.9 Å². The highest BCUT2D eigenvalue weighted by Gasteiger charge is 2.17. The number of thiophene rings is 1. The van der Waals surface area contributed by atoms with E-state index in [-0.39, 0.29) is 10.1 Å². The molecule has 1 amide bonds. The Labute approximate surface area is 176 Å². The van der Waals surface area contributed by atoms with Crippen LogP contribution in [0.4, 0.5) is 11.4 Å². The fourth-order valence-corrected chi connectivity index (χ4v) is 5.20. The quantitative estimate of drug-likeness (QED) is 0.606. The highest BCUT2D eigenvalue weighted by molar-refractivity contribution is 7.94. The maximum absolute atomic E-state index is 12.5. The summed E-state index contributed by atoms with van der Waals surface area (Å²) in [6.07, 6.45) is 0. The van der Waals surface area contributed by atoms with Gasteiger partial charge in [0.05, 0.1) is 4.34 Å². The molecular formula is C19H15ClN2O5S2. The average Bonchev–Trinajstić information content (AvgIpc) is 3.15. The van der Waals surface area contributed by atoms with Crippen molar-refractivity contribution in [2.24, 2.45) is 0 Å². The number of nitrogens with one attached hydrogen (secondary N) is 2. The molecule has 0 fully saturated rings. The topological polar surface area (TPSA) is 93.7 Å². The first-order valence-corrected chi connectivity index (χ1v) is 11.2. The van der Waals surface area contributed by atoms with E-state index in [0.29, 0.717) is 46.0 Å². The molecule has 4 rings (SSSR count). The van der Waals surface area contributed by atoms with E-state index in [4.69, 9.17) is 21.1 Å². The first kappa shape index (κ1) is 19.6. The highest BCUT2D eigenvalue weighted by atomic mass is 35.5. The van der Waals surface area contributed by atoms with Crippen LogP contribution in [-0.4, -0.2) is 27.5 Å². The summed E-state index contributed by atoms with van der Waals surface area (Å²) in [7, 11) is -3.73. The number of sulfonamides is 1. The monoisotopic (exact) mass is 450 g/mol. The fraction of sp³-hybridized carbons (Fsp3) is 0.105. The first-order chi connectivity index (χ1) is 13.9. The average molecular weight is 451 g/mol. The molecule has 2 heterocycles. The molecule has 1 aliphatic heterocycles. The fourth-order valence-electron chi connectivity index (χ4n) is 2.66. The molecule has 0 saturated heterocycles. The van der Waals surface area contributed by atoms with Crippen molar-refractivity contribution in [2.45, 2.75) is 4.21 Å². The third-order valence-electron chi connectivity index (χ3n) is 4.01. The highest BCUT2D eigenvalue weighted by Crippen LogP contribution is 2.33. The van der Waals surface area contributed by atoms with Gasteiger partial charge in [-0.3, -0.25) is 9.52 Å². The van der Waals surface area contributed by atoms with E-state index in [1.165, 1.54) is 36.4 Å². The van der Waals surface area contributed by atoms with Gasteiger partial charge in [0, 0.05) is 23.0 Å². The Hall–Kier alpha value is -2.75. The number of ether oxygens (including phenoxy) is 2. The molecule has 29 heavy (non-hydrogen) atoms. The van der Waals surface area contributed by atoms with Gasteiger partial charge in [0.2, 0.25) is 0 Å². The lowest BCUT2D eigenvalue weighted by atomic mass is 10.2. The molecule has 0 unspecified atom stereocenters. The summed E-state index contributed by atoms with van der Waals surface area (Å²) < 4.78 is 38.6. The molecule has 0 atom stereocenters. The smallest absolute Gasteiger partial charge is 0.271 e. The number of rotatable bonds is 5. The lowest BCUT2D eigenvalue weighted by molar-refractivity contribution is 0.102. The standard InChI is InChI=1S/C19H15ClN2O5S2/c20-17-7-8-18(28-17)29(24,25)22-13-3-1-12(2-4-13)19(23)21-14-5-6-15-16(11-14)27-10-9-26-15/h1-8,11,22H,9-10H2,(H,21,23). The van der Waals surface area contributed by atoms with Crippen molar-refractivity contribution < 1.29 is 22.7 Å². The van der Waals surface area contributed by atoms with Crippen LogP contribution in [0, 0.1) is 0 Å². The zero-order valence-corrected chi connectivity index (χ0v) is 17.2. The number of fused-ring (bicyclic) bond motifs is 1. The van der Waals surface area contributed by atoms with Crippen LogP contribution in [-0.2, 0) is 10.0 Å². The van der Waals surface area contributed by atoms with E-state index in [9.17, 15) is 13.2 Å². The van der Waals surface area contributed by atoms with Gasteiger partial charge < -0.3 is 14.8 Å². The molecule has 2 N–H and O–H groups in total. The second-order valence-electron chi connectivity index (χ2n) is 6.05. The molecule has 1 aliphatic rings. The minimum atomic E-state index is -3.73. The van der Waals surface area contributed by atoms with E-state index in [1.54, 1.807) is 18.2 Å². The van der Waals surface area contributed by atoms with Crippen LogP contribution < -0.4 is 19.5 Å². The van der Waals surface area contributed by atoms with Crippen molar-refractivity contribution in [3.8, 4) is 11.5 Å². The van der Waals surface area contributed by atoms with Crippen molar-refractivity contribution >= 4 is 50.2 Å². The number of anilines is 2. The molecule has 2 aromatic carbocycles. The Kier molecular flexibility index (Phi) is 5.35. The van der Waals surface area contributed by atoms with Crippen LogP contribution in [0.3, 0.4) is 0 Å². The Balaban J connectivity index is 1.44. The molecule has 0 spiro atoms. The molecule has 0 bridgehead atoms. The van der Waals surface area contributed by atoms with Crippen LogP contribution in [0.5, 0.6) is 11.5 Å². The summed E-state index contributed by atoms with van der Waals surface area (Å²) in [5.41, 5.74) is 1.28. The van der Waals surface area contributed by atoms with Gasteiger partial charge in [-0.15, -0.1) is 11.3 Å². The van der Waals surface area contributed by atoms with Crippen molar-refractivity contribution in [1.82, 2.24) is 0 Å². The molecule has 0 radical (unpaired) electrons. The molecule has 1 aromatic heterocycles. The summed E-state index contributed by atoms with van der Waals surface area (Å²) in [5, 5.41) is 2.78. The lowest BCUT2D eigenvalue weighted by Crippen LogP contribution is -2.16. The largest absolute Gasteiger partial charge is 0.486 e. The Morgan fingerprint density at radius 3 is 2.31 bits per heavy atom.